The van der Waals surface area contributed by atoms with Crippen LogP contribution in [0.15, 0.2) is 18.3 Å². The van der Waals surface area contributed by atoms with E-state index in [1.807, 2.05) is 6.92 Å². The van der Waals surface area contributed by atoms with Crippen molar-refractivity contribution in [3.63, 3.8) is 0 Å². The Kier molecular flexibility index (Phi) is 5.42. The Morgan fingerprint density at radius 2 is 2.29 bits per heavy atom. The second-order valence-electron chi connectivity index (χ2n) is 3.56. The lowest BCUT2D eigenvalue weighted by Crippen LogP contribution is -2.33. The fraction of sp³-hybridized carbons (Fsp3) is 0.500. The van der Waals surface area contributed by atoms with Gasteiger partial charge in [-0.3, -0.25) is 4.79 Å². The maximum absolute atomic E-state index is 12.1. The standard InChI is InChI=1S/C12H19N3O2/c1-4-15(7-8-17-3)12(16)10-5-6-11(13-2)14-9-10/h5-6,9H,4,7-8H2,1-3H3,(H,13,14). The van der Waals surface area contributed by atoms with Crippen LogP contribution in [0.3, 0.4) is 0 Å². The van der Waals surface area contributed by atoms with Crippen molar-refractivity contribution < 1.29 is 9.53 Å². The predicted molar refractivity (Wildman–Crippen MR) is 67.2 cm³/mol. The van der Waals surface area contributed by atoms with E-state index >= 15 is 0 Å². The van der Waals surface area contributed by atoms with Gasteiger partial charge in [0.1, 0.15) is 5.82 Å². The summed E-state index contributed by atoms with van der Waals surface area (Å²) in [6.45, 7) is 3.75. The van der Waals surface area contributed by atoms with Gasteiger partial charge in [0.25, 0.3) is 5.91 Å². The number of ether oxygens (including phenoxy) is 1. The molecule has 1 aromatic heterocycles. The van der Waals surface area contributed by atoms with Gasteiger partial charge in [-0.2, -0.15) is 0 Å². The minimum absolute atomic E-state index is 0.0142. The van der Waals surface area contributed by atoms with Crippen LogP contribution in [0.4, 0.5) is 5.82 Å². The number of pyridine rings is 1. The summed E-state index contributed by atoms with van der Waals surface area (Å²) < 4.78 is 4.98. The number of carbonyl (C=O) groups is 1. The van der Waals surface area contributed by atoms with Gasteiger partial charge in [-0.25, -0.2) is 4.98 Å². The van der Waals surface area contributed by atoms with Gasteiger partial charge < -0.3 is 15.0 Å². The molecule has 0 bridgehead atoms. The SMILES string of the molecule is CCN(CCOC)C(=O)c1ccc(NC)nc1. The van der Waals surface area contributed by atoms with Crippen molar-refractivity contribution in [2.24, 2.45) is 0 Å². The lowest BCUT2D eigenvalue weighted by Gasteiger charge is -2.20. The van der Waals surface area contributed by atoms with Crippen LogP contribution < -0.4 is 5.32 Å². The molecule has 1 N–H and O–H groups in total. The Balaban J connectivity index is 2.71. The third-order valence-corrected chi connectivity index (χ3v) is 2.50. The van der Waals surface area contributed by atoms with Crippen molar-refractivity contribution in [3.05, 3.63) is 23.9 Å². The van der Waals surface area contributed by atoms with E-state index in [1.54, 1.807) is 37.4 Å². The first kappa shape index (κ1) is 13.4. The van der Waals surface area contributed by atoms with Gasteiger partial charge in [0.15, 0.2) is 0 Å². The summed E-state index contributed by atoms with van der Waals surface area (Å²) in [5, 5.41) is 2.91. The van der Waals surface area contributed by atoms with E-state index in [-0.39, 0.29) is 5.91 Å². The fourth-order valence-corrected chi connectivity index (χ4v) is 1.46. The van der Waals surface area contributed by atoms with E-state index in [4.69, 9.17) is 4.74 Å². The molecule has 5 heteroatoms. The van der Waals surface area contributed by atoms with Gasteiger partial charge in [0.2, 0.25) is 0 Å². The molecule has 1 amide bonds. The Morgan fingerprint density at radius 1 is 1.53 bits per heavy atom. The van der Waals surface area contributed by atoms with Gasteiger partial charge in [-0.05, 0) is 19.1 Å². The minimum Gasteiger partial charge on any atom is -0.383 e. The number of likely N-dealkylation sites (N-methyl/N-ethyl adjacent to an activating group) is 1. The molecule has 1 rings (SSSR count). The van der Waals surface area contributed by atoms with E-state index in [2.05, 4.69) is 10.3 Å². The van der Waals surface area contributed by atoms with Crippen molar-refractivity contribution in [1.29, 1.82) is 0 Å². The summed E-state index contributed by atoms with van der Waals surface area (Å²) in [6, 6.07) is 3.56. The molecule has 1 heterocycles. The molecule has 0 fully saturated rings. The maximum Gasteiger partial charge on any atom is 0.255 e. The van der Waals surface area contributed by atoms with Crippen molar-refractivity contribution >= 4 is 11.7 Å². The number of hydrogen-bond donors (Lipinski definition) is 1. The summed E-state index contributed by atoms with van der Waals surface area (Å²) in [5.74, 6) is 0.737. The number of hydrogen-bond acceptors (Lipinski definition) is 4. The number of methoxy groups -OCH3 is 1. The van der Waals surface area contributed by atoms with Crippen LogP contribution in [0.2, 0.25) is 0 Å². The summed E-state index contributed by atoms with van der Waals surface area (Å²) in [5.41, 5.74) is 0.599. The van der Waals surface area contributed by atoms with Crippen molar-refractivity contribution in [2.75, 3.05) is 39.2 Å². The Hall–Kier alpha value is -1.62. The molecule has 0 aliphatic heterocycles. The highest BCUT2D eigenvalue weighted by Crippen LogP contribution is 2.07. The molecular weight excluding hydrogens is 218 g/mol. The minimum atomic E-state index is -0.0142. The molecule has 0 aliphatic carbocycles. The van der Waals surface area contributed by atoms with Gasteiger partial charge >= 0.3 is 0 Å². The normalized spacial score (nSPS) is 10.1. The zero-order valence-electron chi connectivity index (χ0n) is 10.6. The molecule has 0 radical (unpaired) electrons. The van der Waals surface area contributed by atoms with Crippen LogP contribution in [0.1, 0.15) is 17.3 Å². The summed E-state index contributed by atoms with van der Waals surface area (Å²) in [6.07, 6.45) is 1.59. The molecule has 94 valence electrons. The van der Waals surface area contributed by atoms with E-state index in [9.17, 15) is 4.79 Å². The molecule has 0 atom stereocenters. The number of nitrogens with zero attached hydrogens (tertiary/aromatic N) is 2. The molecule has 1 aromatic rings. The summed E-state index contributed by atoms with van der Waals surface area (Å²) >= 11 is 0. The topological polar surface area (TPSA) is 54.5 Å². The first-order valence-electron chi connectivity index (χ1n) is 5.65. The highest BCUT2D eigenvalue weighted by Gasteiger charge is 2.13. The summed E-state index contributed by atoms with van der Waals surface area (Å²) in [7, 11) is 3.42. The highest BCUT2D eigenvalue weighted by atomic mass is 16.5. The number of nitrogens with one attached hydrogen (secondary N) is 1. The zero-order valence-corrected chi connectivity index (χ0v) is 10.6. The van der Waals surface area contributed by atoms with Crippen molar-refractivity contribution in [2.45, 2.75) is 6.92 Å². The average molecular weight is 237 g/mol. The third-order valence-electron chi connectivity index (χ3n) is 2.50. The fourth-order valence-electron chi connectivity index (χ4n) is 1.46. The van der Waals surface area contributed by atoms with Crippen LogP contribution in [0.25, 0.3) is 0 Å². The second-order valence-corrected chi connectivity index (χ2v) is 3.56. The monoisotopic (exact) mass is 237 g/mol. The van der Waals surface area contributed by atoms with Crippen LogP contribution in [0, 0.1) is 0 Å². The second kappa shape index (κ2) is 6.85. The Bertz CT molecular complexity index is 351. The molecular formula is C12H19N3O2. The Labute approximate surface area is 102 Å². The summed E-state index contributed by atoms with van der Waals surface area (Å²) in [4.78, 5) is 18.0. The quantitative estimate of drug-likeness (QED) is 0.808. The zero-order chi connectivity index (χ0) is 12.7. The molecule has 0 unspecified atom stereocenters. The molecule has 0 aliphatic rings. The lowest BCUT2D eigenvalue weighted by atomic mass is 10.2. The first-order valence-corrected chi connectivity index (χ1v) is 5.65. The predicted octanol–water partition coefficient (Wildman–Crippen LogP) is 1.23. The number of anilines is 1. The first-order chi connectivity index (χ1) is 8.22. The van der Waals surface area contributed by atoms with Gasteiger partial charge in [-0.15, -0.1) is 0 Å². The molecule has 0 saturated carbocycles. The van der Waals surface area contributed by atoms with Gasteiger partial charge in [0, 0.05) is 33.4 Å². The molecule has 0 aromatic carbocycles. The van der Waals surface area contributed by atoms with E-state index in [0.29, 0.717) is 25.3 Å². The van der Waals surface area contributed by atoms with E-state index < -0.39 is 0 Å². The Morgan fingerprint density at radius 3 is 2.76 bits per heavy atom. The van der Waals surface area contributed by atoms with Gasteiger partial charge in [0.05, 0.1) is 12.2 Å². The van der Waals surface area contributed by atoms with Crippen LogP contribution in [-0.4, -0.2) is 49.6 Å². The molecule has 0 saturated heterocycles. The van der Waals surface area contributed by atoms with Crippen LogP contribution in [-0.2, 0) is 4.74 Å². The third kappa shape index (κ3) is 3.71. The number of rotatable bonds is 6. The molecule has 5 nitrogen and oxygen atoms in total. The van der Waals surface area contributed by atoms with Crippen LogP contribution >= 0.6 is 0 Å². The number of carbonyl (C=O) groups excluding carboxylic acids is 1. The maximum atomic E-state index is 12.1. The van der Waals surface area contributed by atoms with Crippen LogP contribution in [0.5, 0.6) is 0 Å². The van der Waals surface area contributed by atoms with Gasteiger partial charge in [-0.1, -0.05) is 0 Å². The van der Waals surface area contributed by atoms with E-state index in [0.717, 1.165) is 5.82 Å². The van der Waals surface area contributed by atoms with E-state index in [1.165, 1.54) is 0 Å². The smallest absolute Gasteiger partial charge is 0.255 e. The number of aromatic nitrogens is 1. The van der Waals surface area contributed by atoms with Crippen molar-refractivity contribution in [3.8, 4) is 0 Å². The average Bonchev–Trinajstić information content (AvgIpc) is 2.39. The number of amides is 1. The molecule has 17 heavy (non-hydrogen) atoms. The highest BCUT2D eigenvalue weighted by molar-refractivity contribution is 5.94. The lowest BCUT2D eigenvalue weighted by molar-refractivity contribution is 0.0706. The largest absolute Gasteiger partial charge is 0.383 e. The van der Waals surface area contributed by atoms with Crippen molar-refractivity contribution in [1.82, 2.24) is 9.88 Å². The molecule has 0 spiro atoms.